The largest absolute Gasteiger partial charge is 0.469 e. The van der Waals surface area contributed by atoms with Crippen LogP contribution >= 0.6 is 0 Å². The zero-order valence-corrected chi connectivity index (χ0v) is 50.7. The minimum atomic E-state index is -0.159. The first-order valence-corrected chi connectivity index (χ1v) is 31.5. The van der Waals surface area contributed by atoms with E-state index in [0.29, 0.717) is 62.0 Å². The summed E-state index contributed by atoms with van der Waals surface area (Å²) in [6.45, 7) is 11.2. The number of hydrogen-bond donors (Lipinski definition) is 5. The van der Waals surface area contributed by atoms with Gasteiger partial charge in [-0.05, 0) is 115 Å². The number of aldehydes is 1. The molecular weight excluding hydrogens is 1040 g/mol. The first-order chi connectivity index (χ1) is 39.1. The standard InChI is InChI=1S/C25H44O5.C19H34O2.2C6H12O3.C6H6O3.C2H6.CH4/c1-3-5-9-12-21-23(29-21)17-24-22(30-24)13-10-7-6-8-11-14-25(26)27-18-20-16-15-19(4-2)28-20;1-3-4-5-6-7-8-9-10-11-12-13-14-15-16-17-18-19(20)21-2;3*7-3-5-1-2-6(4-8)9-5;1-2;/h19-24H,3-18H2,1-2H3;7-8,10-11H,3-6,9,12-18H2,1-2H3;2*5-8H,1-4H2;1-3,8H,4H2;1-2H3;1H4/b;8-7-,11-10-;;;;;. The summed E-state index contributed by atoms with van der Waals surface area (Å²) in [5, 5.41) is 42.7. The molecule has 6 rings (SSSR count). The molecule has 0 aliphatic carbocycles. The molecule has 5 fully saturated rings. The number of carbonyl (C=O) groups is 3. The third kappa shape index (κ3) is 41.6. The fourth-order valence-corrected chi connectivity index (χ4v) is 9.53. The van der Waals surface area contributed by atoms with Gasteiger partial charge in [-0.1, -0.05) is 143 Å². The van der Waals surface area contributed by atoms with Crippen LogP contribution in [-0.2, 0) is 49.4 Å². The number of furan rings is 1. The second-order valence-corrected chi connectivity index (χ2v) is 21.3. The summed E-state index contributed by atoms with van der Waals surface area (Å²) in [6, 6.07) is 3.07. The summed E-state index contributed by atoms with van der Waals surface area (Å²) in [6.07, 6.45) is 46.3. The van der Waals surface area contributed by atoms with E-state index in [1.165, 1.54) is 116 Å². The molecule has 6 heterocycles. The van der Waals surface area contributed by atoms with Gasteiger partial charge < -0.3 is 63.1 Å². The molecule has 16 nitrogen and oxygen atoms in total. The van der Waals surface area contributed by atoms with E-state index in [4.69, 9.17) is 58.4 Å². The Bertz CT molecular complexity index is 1610. The molecule has 5 aliphatic rings. The van der Waals surface area contributed by atoms with Crippen molar-refractivity contribution in [3.63, 3.8) is 0 Å². The molecule has 5 aliphatic heterocycles. The average molecular weight is 1160 g/mol. The van der Waals surface area contributed by atoms with Crippen LogP contribution in [0.1, 0.15) is 257 Å². The maximum atomic E-state index is 11.9. The predicted molar refractivity (Wildman–Crippen MR) is 321 cm³/mol. The van der Waals surface area contributed by atoms with Crippen molar-refractivity contribution in [2.24, 2.45) is 0 Å². The minimum absolute atomic E-state index is 0. The minimum Gasteiger partial charge on any atom is -0.469 e. The van der Waals surface area contributed by atoms with Gasteiger partial charge >= 0.3 is 11.9 Å². The van der Waals surface area contributed by atoms with Crippen LogP contribution in [0, 0.1) is 0 Å². The maximum Gasteiger partial charge on any atom is 0.305 e. The monoisotopic (exact) mass is 1150 g/mol. The van der Waals surface area contributed by atoms with Gasteiger partial charge in [0.1, 0.15) is 19.0 Å². The SMILES string of the molecule is C.CC.CCCCC/C=C\C/C=C\CCCCCCCC(=O)OC.CCCCCC1OC1CC1OC1CCCCCCCC(=O)OCC1CCC(CC)O1.O=Cc1ccc(CO)o1.OCC1CCC(CO)O1.OCC1CCC(CO)O1. The van der Waals surface area contributed by atoms with Gasteiger partial charge in [-0.15, -0.1) is 0 Å². The van der Waals surface area contributed by atoms with Crippen molar-refractivity contribution in [2.75, 3.05) is 40.1 Å². The number of unbranched alkanes of at least 4 members (excludes halogenated alkanes) is 14. The Balaban J connectivity index is 0.00000108. The molecule has 0 amide bonds. The number of hydrogen-bond acceptors (Lipinski definition) is 16. The second kappa shape index (κ2) is 53.7. The first-order valence-electron chi connectivity index (χ1n) is 31.5. The number of aliphatic hydroxyl groups is 5. The molecule has 0 aromatic carbocycles. The van der Waals surface area contributed by atoms with Crippen LogP contribution in [0.15, 0.2) is 40.9 Å². The molecule has 0 saturated carbocycles. The molecule has 81 heavy (non-hydrogen) atoms. The Labute approximate surface area is 490 Å². The van der Waals surface area contributed by atoms with Gasteiger partial charge in [-0.2, -0.15) is 0 Å². The number of epoxide rings is 2. The lowest BCUT2D eigenvalue weighted by molar-refractivity contribution is -0.147. The van der Waals surface area contributed by atoms with E-state index in [1.807, 2.05) is 13.8 Å². The molecule has 0 bridgehead atoms. The highest BCUT2D eigenvalue weighted by molar-refractivity contribution is 5.70. The van der Waals surface area contributed by atoms with Crippen LogP contribution < -0.4 is 0 Å². The highest BCUT2D eigenvalue weighted by atomic mass is 16.6. The van der Waals surface area contributed by atoms with Gasteiger partial charge in [0.05, 0.1) is 94.6 Å². The van der Waals surface area contributed by atoms with E-state index >= 15 is 0 Å². The van der Waals surface area contributed by atoms with Crippen LogP contribution in [0.3, 0.4) is 0 Å². The lowest BCUT2D eigenvalue weighted by Crippen LogP contribution is -2.19. The fraction of sp³-hybridized carbons (Fsp3) is 0.831. The smallest absolute Gasteiger partial charge is 0.305 e. The number of esters is 2. The van der Waals surface area contributed by atoms with E-state index in [0.717, 1.165) is 83.5 Å². The topological polar surface area (TPSA) is 237 Å². The lowest BCUT2D eigenvalue weighted by Gasteiger charge is -2.12. The zero-order chi connectivity index (χ0) is 58.9. The molecular formula is C65H118O16. The van der Waals surface area contributed by atoms with Gasteiger partial charge in [-0.25, -0.2) is 0 Å². The molecule has 10 unspecified atom stereocenters. The molecule has 1 aromatic rings. The quantitative estimate of drug-likeness (QED) is 0.0137. The molecule has 16 heteroatoms. The summed E-state index contributed by atoms with van der Waals surface area (Å²) in [4.78, 5) is 32.7. The third-order valence-electron chi connectivity index (χ3n) is 14.6. The van der Waals surface area contributed by atoms with Crippen LogP contribution in [0.2, 0.25) is 0 Å². The predicted octanol–water partition coefficient (Wildman–Crippen LogP) is 13.0. The summed E-state index contributed by atoms with van der Waals surface area (Å²) in [7, 11) is 1.45. The molecule has 1 aromatic heterocycles. The van der Waals surface area contributed by atoms with Crippen molar-refractivity contribution in [1.29, 1.82) is 0 Å². The Morgan fingerprint density at radius 2 is 0.963 bits per heavy atom. The van der Waals surface area contributed by atoms with E-state index in [1.54, 1.807) is 6.07 Å². The maximum absolute atomic E-state index is 11.9. The van der Waals surface area contributed by atoms with Gasteiger partial charge in [-0.3, -0.25) is 14.4 Å². The van der Waals surface area contributed by atoms with E-state index in [2.05, 4.69) is 49.8 Å². The lowest BCUT2D eigenvalue weighted by atomic mass is 10.0. The van der Waals surface area contributed by atoms with Gasteiger partial charge in [0.25, 0.3) is 0 Å². The molecule has 5 N–H and O–H groups in total. The molecule has 0 radical (unpaired) electrons. The van der Waals surface area contributed by atoms with Crippen molar-refractivity contribution < 1.29 is 77.5 Å². The summed E-state index contributed by atoms with van der Waals surface area (Å²) in [5.74, 6) is 0.514. The Morgan fingerprint density at radius 1 is 0.531 bits per heavy atom. The average Bonchev–Trinajstić information content (AvgIpc) is 3.98. The van der Waals surface area contributed by atoms with E-state index in [-0.39, 0.29) is 88.7 Å². The first kappa shape index (κ1) is 78.0. The van der Waals surface area contributed by atoms with Crippen molar-refractivity contribution in [3.05, 3.63) is 48.0 Å². The van der Waals surface area contributed by atoms with Gasteiger partial charge in [0.15, 0.2) is 12.0 Å². The number of allylic oxidation sites excluding steroid dienone is 4. The number of methoxy groups -OCH3 is 1. The summed E-state index contributed by atoms with van der Waals surface area (Å²) in [5.41, 5.74) is 0. The normalized spacial score (nSPS) is 23.9. The summed E-state index contributed by atoms with van der Waals surface area (Å²) < 4.78 is 42.5. The van der Waals surface area contributed by atoms with Crippen molar-refractivity contribution in [2.45, 2.75) is 309 Å². The Hall–Kier alpha value is -3.03. The van der Waals surface area contributed by atoms with Crippen molar-refractivity contribution in [3.8, 4) is 0 Å². The Kier molecular flexibility index (Phi) is 51.7. The van der Waals surface area contributed by atoms with E-state index < -0.39 is 0 Å². The number of aliphatic hydroxyl groups excluding tert-OH is 5. The highest BCUT2D eigenvalue weighted by Crippen LogP contribution is 2.39. The highest BCUT2D eigenvalue weighted by Gasteiger charge is 2.47. The molecule has 5 saturated heterocycles. The number of ether oxygens (including phenoxy) is 7. The third-order valence-corrected chi connectivity index (χ3v) is 14.6. The second-order valence-electron chi connectivity index (χ2n) is 21.3. The van der Waals surface area contributed by atoms with Crippen molar-refractivity contribution >= 4 is 18.2 Å². The van der Waals surface area contributed by atoms with Gasteiger partial charge in [0.2, 0.25) is 0 Å². The molecule has 474 valence electrons. The van der Waals surface area contributed by atoms with Crippen LogP contribution in [-0.4, -0.2) is 145 Å². The van der Waals surface area contributed by atoms with Crippen molar-refractivity contribution in [1.82, 2.24) is 0 Å². The number of carbonyl (C=O) groups excluding carboxylic acids is 3. The zero-order valence-electron chi connectivity index (χ0n) is 50.7. The van der Waals surface area contributed by atoms with Crippen LogP contribution in [0.4, 0.5) is 0 Å². The van der Waals surface area contributed by atoms with E-state index in [9.17, 15) is 14.4 Å². The number of rotatable bonds is 37. The Morgan fingerprint density at radius 3 is 1.40 bits per heavy atom. The molecule has 0 spiro atoms. The van der Waals surface area contributed by atoms with Crippen LogP contribution in [0.5, 0.6) is 0 Å². The summed E-state index contributed by atoms with van der Waals surface area (Å²) >= 11 is 0. The fourth-order valence-electron chi connectivity index (χ4n) is 9.53. The molecule has 10 atom stereocenters. The van der Waals surface area contributed by atoms with Crippen LogP contribution in [0.25, 0.3) is 0 Å². The van der Waals surface area contributed by atoms with Gasteiger partial charge in [0, 0.05) is 19.3 Å².